The molecule has 0 unspecified atom stereocenters. The largest absolute Gasteiger partial charge is 0.396 e. The van der Waals surface area contributed by atoms with Crippen molar-refractivity contribution >= 4 is 17.5 Å². The summed E-state index contributed by atoms with van der Waals surface area (Å²) in [6, 6.07) is -0.102. The van der Waals surface area contributed by atoms with E-state index in [1.807, 2.05) is 13.8 Å². The Bertz CT molecular complexity index is 493. The lowest BCUT2D eigenvalue weighted by Gasteiger charge is -2.25. The van der Waals surface area contributed by atoms with Crippen LogP contribution in [0.2, 0.25) is 0 Å². The fourth-order valence-corrected chi connectivity index (χ4v) is 1.81. The van der Waals surface area contributed by atoms with Crippen LogP contribution >= 0.6 is 0 Å². The lowest BCUT2D eigenvalue weighted by atomic mass is 10.3. The Morgan fingerprint density at radius 3 is 2.32 bits per heavy atom. The topological polar surface area (TPSA) is 107 Å². The zero-order chi connectivity index (χ0) is 14.7. The molecule has 106 valence electrons. The average molecular weight is 267 g/mol. The lowest BCUT2D eigenvalue weighted by Crippen LogP contribution is -2.44. The summed E-state index contributed by atoms with van der Waals surface area (Å²) in [5.74, 6) is -0.741. The van der Waals surface area contributed by atoms with E-state index in [-0.39, 0.29) is 25.0 Å². The third-order valence-corrected chi connectivity index (χ3v) is 2.99. The summed E-state index contributed by atoms with van der Waals surface area (Å²) >= 11 is 0. The molecule has 1 aromatic rings. The summed E-state index contributed by atoms with van der Waals surface area (Å²) in [6.07, 6.45) is 0. The van der Waals surface area contributed by atoms with E-state index in [1.165, 1.54) is 4.90 Å². The second kappa shape index (κ2) is 5.73. The highest BCUT2D eigenvalue weighted by Gasteiger charge is 2.21. The maximum absolute atomic E-state index is 12.2. The first-order valence-electron chi connectivity index (χ1n) is 6.11. The molecule has 19 heavy (non-hydrogen) atoms. The van der Waals surface area contributed by atoms with E-state index in [9.17, 15) is 9.59 Å². The van der Waals surface area contributed by atoms with Crippen molar-refractivity contribution in [3.63, 3.8) is 0 Å². The number of nitrogens with two attached hydrogens (primary N) is 2. The van der Waals surface area contributed by atoms with Crippen molar-refractivity contribution in [2.24, 2.45) is 5.73 Å². The van der Waals surface area contributed by atoms with Gasteiger partial charge in [-0.3, -0.25) is 14.3 Å². The van der Waals surface area contributed by atoms with Crippen molar-refractivity contribution in [2.75, 3.05) is 12.3 Å². The molecular formula is C12H21N5O2. The molecule has 0 saturated carbocycles. The predicted octanol–water partition coefficient (Wildman–Crippen LogP) is -0.196. The number of rotatable bonds is 5. The fourth-order valence-electron chi connectivity index (χ4n) is 1.81. The number of aryl methyl sites for hydroxylation is 1. The molecule has 0 atom stereocenters. The van der Waals surface area contributed by atoms with Gasteiger partial charge in [0.2, 0.25) is 11.8 Å². The monoisotopic (exact) mass is 267 g/mol. The first kappa shape index (κ1) is 15.0. The van der Waals surface area contributed by atoms with Crippen molar-refractivity contribution in [3.8, 4) is 0 Å². The molecule has 1 aromatic heterocycles. The minimum absolute atomic E-state index is 0.0509. The number of nitrogens with zero attached hydrogens (tertiary/aromatic N) is 3. The molecule has 0 aromatic carbocycles. The molecule has 7 nitrogen and oxygen atoms in total. The van der Waals surface area contributed by atoms with E-state index in [0.717, 1.165) is 5.69 Å². The summed E-state index contributed by atoms with van der Waals surface area (Å²) < 4.78 is 1.55. The highest BCUT2D eigenvalue weighted by Crippen LogP contribution is 2.15. The van der Waals surface area contributed by atoms with Gasteiger partial charge in [-0.2, -0.15) is 5.10 Å². The van der Waals surface area contributed by atoms with E-state index < -0.39 is 5.91 Å². The van der Waals surface area contributed by atoms with Gasteiger partial charge < -0.3 is 16.4 Å². The van der Waals surface area contributed by atoms with Gasteiger partial charge in [0, 0.05) is 6.04 Å². The maximum atomic E-state index is 12.2. The summed E-state index contributed by atoms with van der Waals surface area (Å²) in [6.45, 7) is 7.21. The number of carbonyl (C=O) groups excluding carboxylic acids is 2. The maximum Gasteiger partial charge on any atom is 0.245 e. The van der Waals surface area contributed by atoms with Gasteiger partial charge in [0.15, 0.2) is 0 Å². The Morgan fingerprint density at radius 1 is 1.37 bits per heavy atom. The molecule has 1 heterocycles. The molecular weight excluding hydrogens is 246 g/mol. The standard InChI is InChI=1S/C12H21N5O2/c1-7(2)16(5-10(13)18)11(19)6-17-9(4)12(14)8(3)15-17/h7H,5-6,14H2,1-4H3,(H2,13,18). The molecule has 4 N–H and O–H groups in total. The van der Waals surface area contributed by atoms with Crippen LogP contribution in [0.15, 0.2) is 0 Å². The molecule has 0 radical (unpaired) electrons. The van der Waals surface area contributed by atoms with E-state index in [1.54, 1.807) is 18.5 Å². The second-order valence-corrected chi connectivity index (χ2v) is 4.82. The van der Waals surface area contributed by atoms with Crippen LogP contribution in [0, 0.1) is 13.8 Å². The van der Waals surface area contributed by atoms with E-state index in [4.69, 9.17) is 11.5 Å². The smallest absolute Gasteiger partial charge is 0.245 e. The molecule has 0 bridgehead atoms. The number of carbonyl (C=O) groups is 2. The third kappa shape index (κ3) is 3.46. The van der Waals surface area contributed by atoms with Crippen LogP contribution < -0.4 is 11.5 Å². The highest BCUT2D eigenvalue weighted by molar-refractivity contribution is 5.84. The summed E-state index contributed by atoms with van der Waals surface area (Å²) in [7, 11) is 0. The Morgan fingerprint density at radius 2 is 1.95 bits per heavy atom. The third-order valence-electron chi connectivity index (χ3n) is 2.99. The normalized spacial score (nSPS) is 10.8. The van der Waals surface area contributed by atoms with Gasteiger partial charge in [-0.05, 0) is 27.7 Å². The van der Waals surface area contributed by atoms with Gasteiger partial charge in [-0.25, -0.2) is 0 Å². The number of amides is 2. The van der Waals surface area contributed by atoms with Gasteiger partial charge in [0.05, 0.1) is 23.6 Å². The van der Waals surface area contributed by atoms with Crippen LogP contribution in [-0.2, 0) is 16.1 Å². The van der Waals surface area contributed by atoms with Crippen LogP contribution in [0.4, 0.5) is 5.69 Å². The molecule has 0 spiro atoms. The summed E-state index contributed by atoms with van der Waals surface area (Å²) in [4.78, 5) is 24.6. The number of aromatic nitrogens is 2. The van der Waals surface area contributed by atoms with Crippen LogP contribution in [0.1, 0.15) is 25.2 Å². The molecule has 0 aliphatic carbocycles. The molecule has 1 rings (SSSR count). The number of hydrogen-bond acceptors (Lipinski definition) is 4. The van der Waals surface area contributed by atoms with Gasteiger partial charge in [0.25, 0.3) is 0 Å². The number of primary amides is 1. The molecule has 2 amide bonds. The molecule has 0 fully saturated rings. The van der Waals surface area contributed by atoms with Crippen LogP contribution in [0.25, 0.3) is 0 Å². The minimum Gasteiger partial charge on any atom is -0.396 e. The molecule has 0 aliphatic heterocycles. The van der Waals surface area contributed by atoms with Gasteiger partial charge >= 0.3 is 0 Å². The van der Waals surface area contributed by atoms with Gasteiger partial charge in [-0.15, -0.1) is 0 Å². The molecule has 7 heteroatoms. The Hall–Kier alpha value is -2.05. The highest BCUT2D eigenvalue weighted by atomic mass is 16.2. The predicted molar refractivity (Wildman–Crippen MR) is 72.2 cm³/mol. The molecule has 0 saturated heterocycles. The first-order valence-corrected chi connectivity index (χ1v) is 6.11. The summed E-state index contributed by atoms with van der Waals surface area (Å²) in [5, 5.41) is 4.20. The average Bonchev–Trinajstić information content (AvgIpc) is 2.53. The zero-order valence-corrected chi connectivity index (χ0v) is 11.8. The van der Waals surface area contributed by atoms with Crippen LogP contribution in [0.3, 0.4) is 0 Å². The van der Waals surface area contributed by atoms with Crippen molar-refractivity contribution < 1.29 is 9.59 Å². The Labute approximate surface area is 112 Å². The van der Waals surface area contributed by atoms with Crippen LogP contribution in [0.5, 0.6) is 0 Å². The van der Waals surface area contributed by atoms with E-state index >= 15 is 0 Å². The van der Waals surface area contributed by atoms with Gasteiger partial charge in [-0.1, -0.05) is 0 Å². The van der Waals surface area contributed by atoms with Crippen molar-refractivity contribution in [2.45, 2.75) is 40.3 Å². The Balaban J connectivity index is 2.87. The van der Waals surface area contributed by atoms with Crippen LogP contribution in [-0.4, -0.2) is 39.1 Å². The minimum atomic E-state index is -0.532. The SMILES string of the molecule is Cc1nn(CC(=O)N(CC(N)=O)C(C)C)c(C)c1N. The second-order valence-electron chi connectivity index (χ2n) is 4.82. The van der Waals surface area contributed by atoms with E-state index in [2.05, 4.69) is 5.10 Å². The van der Waals surface area contributed by atoms with Crippen molar-refractivity contribution in [1.82, 2.24) is 14.7 Å². The summed E-state index contributed by atoms with van der Waals surface area (Å²) in [5.41, 5.74) is 13.0. The Kier molecular flexibility index (Phi) is 4.52. The van der Waals surface area contributed by atoms with Gasteiger partial charge in [0.1, 0.15) is 6.54 Å². The zero-order valence-electron chi connectivity index (χ0n) is 11.8. The number of nitrogen functional groups attached to an aromatic ring is 1. The number of anilines is 1. The van der Waals surface area contributed by atoms with Crippen molar-refractivity contribution in [3.05, 3.63) is 11.4 Å². The first-order chi connectivity index (χ1) is 8.73. The van der Waals surface area contributed by atoms with E-state index in [0.29, 0.717) is 11.4 Å². The quantitative estimate of drug-likeness (QED) is 0.770. The molecule has 0 aliphatic rings. The van der Waals surface area contributed by atoms with Crippen molar-refractivity contribution in [1.29, 1.82) is 0 Å². The number of hydrogen-bond donors (Lipinski definition) is 2. The lowest BCUT2D eigenvalue weighted by molar-refractivity contribution is -0.137. The fraction of sp³-hybridized carbons (Fsp3) is 0.583.